The van der Waals surface area contributed by atoms with Crippen molar-refractivity contribution in [3.05, 3.63) is 71.0 Å². The van der Waals surface area contributed by atoms with E-state index in [9.17, 15) is 4.79 Å². The first-order valence-electron chi connectivity index (χ1n) is 8.84. The minimum Gasteiger partial charge on any atom is -0.434 e. The van der Waals surface area contributed by atoms with Crippen LogP contribution in [0.25, 0.3) is 22.6 Å². The first-order chi connectivity index (χ1) is 14.0. The Bertz CT molecular complexity index is 1180. The number of rotatable bonds is 5. The van der Waals surface area contributed by atoms with E-state index in [1.165, 1.54) is 0 Å². The second-order valence-corrected chi connectivity index (χ2v) is 7.15. The summed E-state index contributed by atoms with van der Waals surface area (Å²) in [6, 6.07) is 13.7. The number of nitrogens with zero attached hydrogens (tertiary/aromatic N) is 2. The van der Waals surface area contributed by atoms with E-state index < -0.39 is 6.04 Å². The van der Waals surface area contributed by atoms with Gasteiger partial charge in [-0.3, -0.25) is 9.78 Å². The van der Waals surface area contributed by atoms with Crippen molar-refractivity contribution in [1.29, 1.82) is 0 Å². The largest absolute Gasteiger partial charge is 0.434 e. The molecule has 0 saturated carbocycles. The number of halogens is 2. The first kappa shape index (κ1) is 19.2. The molecule has 2 N–H and O–H groups in total. The van der Waals surface area contributed by atoms with Crippen molar-refractivity contribution in [2.24, 2.45) is 0 Å². The molecule has 146 valence electrons. The Hall–Kier alpha value is -3.09. The molecule has 8 heteroatoms. The Morgan fingerprint density at radius 3 is 2.55 bits per heavy atom. The van der Waals surface area contributed by atoms with Gasteiger partial charge in [0.15, 0.2) is 5.58 Å². The van der Waals surface area contributed by atoms with Gasteiger partial charge in [0.25, 0.3) is 0 Å². The summed E-state index contributed by atoms with van der Waals surface area (Å²) in [6.07, 6.45) is 3.34. The molecule has 4 aromatic rings. The number of hydrogen-bond donors (Lipinski definition) is 2. The highest BCUT2D eigenvalue weighted by molar-refractivity contribution is 6.43. The summed E-state index contributed by atoms with van der Waals surface area (Å²) in [7, 11) is 0. The minimum absolute atomic E-state index is 0.254. The maximum Gasteiger partial charge on any atom is 0.246 e. The highest BCUT2D eigenvalue weighted by Crippen LogP contribution is 2.31. The second-order valence-electron chi connectivity index (χ2n) is 6.37. The van der Waals surface area contributed by atoms with E-state index in [1.807, 2.05) is 24.3 Å². The van der Waals surface area contributed by atoms with Crippen LogP contribution in [0.2, 0.25) is 10.0 Å². The number of benzene rings is 2. The van der Waals surface area contributed by atoms with Crippen LogP contribution in [0, 0.1) is 0 Å². The molecular weight excluding hydrogens is 411 g/mol. The van der Waals surface area contributed by atoms with Crippen LogP contribution in [-0.2, 0) is 4.79 Å². The second kappa shape index (κ2) is 8.11. The quantitative estimate of drug-likeness (QED) is 0.431. The van der Waals surface area contributed by atoms with Gasteiger partial charge < -0.3 is 15.1 Å². The van der Waals surface area contributed by atoms with Crippen LogP contribution >= 0.6 is 23.2 Å². The van der Waals surface area contributed by atoms with E-state index in [1.54, 1.807) is 43.6 Å². The molecule has 0 aliphatic rings. The van der Waals surface area contributed by atoms with Gasteiger partial charge in [-0.15, -0.1) is 0 Å². The monoisotopic (exact) mass is 426 g/mol. The molecule has 0 unspecified atom stereocenters. The number of carbonyl (C=O) groups is 1. The van der Waals surface area contributed by atoms with Gasteiger partial charge in [0.2, 0.25) is 11.8 Å². The van der Waals surface area contributed by atoms with E-state index in [-0.39, 0.29) is 5.91 Å². The van der Waals surface area contributed by atoms with Crippen molar-refractivity contribution >= 4 is 51.6 Å². The predicted molar refractivity (Wildman–Crippen MR) is 115 cm³/mol. The Morgan fingerprint density at radius 2 is 1.76 bits per heavy atom. The van der Waals surface area contributed by atoms with Crippen LogP contribution in [0.5, 0.6) is 0 Å². The Kier molecular flexibility index (Phi) is 5.38. The molecule has 1 amide bonds. The predicted octanol–water partition coefficient (Wildman–Crippen LogP) is 5.64. The molecule has 2 aromatic carbocycles. The molecule has 29 heavy (non-hydrogen) atoms. The molecule has 0 fully saturated rings. The normalized spacial score (nSPS) is 12.0. The molecule has 0 bridgehead atoms. The van der Waals surface area contributed by atoms with Crippen LogP contribution in [-0.4, -0.2) is 21.9 Å². The number of hydrogen-bond acceptors (Lipinski definition) is 5. The van der Waals surface area contributed by atoms with E-state index >= 15 is 0 Å². The lowest BCUT2D eigenvalue weighted by Crippen LogP contribution is -2.32. The average molecular weight is 427 g/mol. The van der Waals surface area contributed by atoms with Gasteiger partial charge in [0, 0.05) is 18.0 Å². The summed E-state index contributed by atoms with van der Waals surface area (Å²) in [5.74, 6) is 0.205. The summed E-state index contributed by atoms with van der Waals surface area (Å²) in [6.45, 7) is 1.73. The number of para-hydroxylation sites is 1. The van der Waals surface area contributed by atoms with Gasteiger partial charge in [0.05, 0.1) is 21.4 Å². The number of pyridine rings is 1. The highest BCUT2D eigenvalue weighted by Gasteiger charge is 2.18. The number of oxazole rings is 1. The van der Waals surface area contributed by atoms with Crippen LogP contribution in [0.1, 0.15) is 6.92 Å². The number of nitrogens with one attached hydrogen (secondary N) is 2. The molecule has 4 rings (SSSR count). The number of amides is 1. The number of fused-ring (bicyclic) bond motifs is 1. The molecule has 0 saturated heterocycles. The van der Waals surface area contributed by atoms with Gasteiger partial charge in [-0.2, -0.15) is 0 Å². The van der Waals surface area contributed by atoms with Crippen molar-refractivity contribution in [3.8, 4) is 11.5 Å². The maximum absolute atomic E-state index is 12.7. The minimum atomic E-state index is -0.566. The SMILES string of the molecule is C[C@@H](Nc1cccc(Cl)c1Cl)C(=O)Nc1cccc2nc(-c3ccncc3)oc12. The zero-order valence-electron chi connectivity index (χ0n) is 15.3. The van der Waals surface area contributed by atoms with Gasteiger partial charge in [-0.25, -0.2) is 4.98 Å². The standard InChI is InChI=1S/C21H16Cl2N4O2/c1-12(25-15-5-2-4-14(22)18(15)23)20(28)26-16-6-3-7-17-19(16)29-21(27-17)13-8-10-24-11-9-13/h2-12,25H,1H3,(H,26,28)/t12-/m1/s1. The third-order valence-electron chi connectivity index (χ3n) is 4.32. The summed E-state index contributed by atoms with van der Waals surface area (Å²) < 4.78 is 5.91. The van der Waals surface area contributed by atoms with E-state index in [4.69, 9.17) is 27.6 Å². The Balaban J connectivity index is 1.56. The van der Waals surface area contributed by atoms with Crippen LogP contribution < -0.4 is 10.6 Å². The molecule has 0 radical (unpaired) electrons. The lowest BCUT2D eigenvalue weighted by molar-refractivity contribution is -0.116. The van der Waals surface area contributed by atoms with Crippen molar-refractivity contribution in [3.63, 3.8) is 0 Å². The number of aromatic nitrogens is 2. The zero-order valence-corrected chi connectivity index (χ0v) is 16.8. The van der Waals surface area contributed by atoms with Crippen molar-refractivity contribution in [2.75, 3.05) is 10.6 Å². The average Bonchev–Trinajstić information content (AvgIpc) is 3.17. The van der Waals surface area contributed by atoms with E-state index in [0.717, 1.165) is 5.56 Å². The topological polar surface area (TPSA) is 80.0 Å². The lowest BCUT2D eigenvalue weighted by atomic mass is 10.2. The summed E-state index contributed by atoms with van der Waals surface area (Å²) >= 11 is 12.2. The van der Waals surface area contributed by atoms with Crippen molar-refractivity contribution in [1.82, 2.24) is 9.97 Å². The smallest absolute Gasteiger partial charge is 0.246 e. The van der Waals surface area contributed by atoms with E-state index in [2.05, 4.69) is 20.6 Å². The van der Waals surface area contributed by atoms with Gasteiger partial charge in [-0.1, -0.05) is 35.3 Å². The molecule has 1 atom stereocenters. The molecule has 2 aromatic heterocycles. The molecule has 0 spiro atoms. The Morgan fingerprint density at radius 1 is 1.03 bits per heavy atom. The fourth-order valence-electron chi connectivity index (χ4n) is 2.82. The molecule has 6 nitrogen and oxygen atoms in total. The number of anilines is 2. The van der Waals surface area contributed by atoms with Gasteiger partial charge in [-0.05, 0) is 43.3 Å². The third kappa shape index (κ3) is 4.04. The lowest BCUT2D eigenvalue weighted by Gasteiger charge is -2.16. The molecule has 2 heterocycles. The fraction of sp³-hybridized carbons (Fsp3) is 0.0952. The van der Waals surface area contributed by atoms with Gasteiger partial charge >= 0.3 is 0 Å². The zero-order chi connectivity index (χ0) is 20.4. The maximum atomic E-state index is 12.7. The first-order valence-corrected chi connectivity index (χ1v) is 9.60. The van der Waals surface area contributed by atoms with Crippen LogP contribution in [0.3, 0.4) is 0 Å². The van der Waals surface area contributed by atoms with Crippen molar-refractivity contribution in [2.45, 2.75) is 13.0 Å². The molecule has 0 aliphatic heterocycles. The summed E-state index contributed by atoms with van der Waals surface area (Å²) in [4.78, 5) is 21.2. The number of carbonyl (C=O) groups excluding carboxylic acids is 1. The summed E-state index contributed by atoms with van der Waals surface area (Å²) in [5.41, 5.74) is 3.07. The fourth-order valence-corrected chi connectivity index (χ4v) is 3.18. The van der Waals surface area contributed by atoms with Gasteiger partial charge in [0.1, 0.15) is 11.6 Å². The summed E-state index contributed by atoms with van der Waals surface area (Å²) in [5, 5.41) is 6.73. The molecule has 0 aliphatic carbocycles. The van der Waals surface area contributed by atoms with E-state index in [0.29, 0.717) is 38.4 Å². The third-order valence-corrected chi connectivity index (χ3v) is 5.14. The molecular formula is C21H16Cl2N4O2. The highest BCUT2D eigenvalue weighted by atomic mass is 35.5. The van der Waals surface area contributed by atoms with Crippen LogP contribution in [0.15, 0.2) is 65.3 Å². The Labute approximate surface area is 176 Å². The van der Waals surface area contributed by atoms with Crippen LogP contribution in [0.4, 0.5) is 11.4 Å². The van der Waals surface area contributed by atoms with Crippen molar-refractivity contribution < 1.29 is 9.21 Å².